The first-order valence-corrected chi connectivity index (χ1v) is 6.41. The van der Waals surface area contributed by atoms with E-state index in [9.17, 15) is 24.6 Å². The van der Waals surface area contributed by atoms with E-state index >= 15 is 0 Å². The highest BCUT2D eigenvalue weighted by Gasteiger charge is 2.33. The second-order valence-electron chi connectivity index (χ2n) is 4.04. The highest BCUT2D eigenvalue weighted by molar-refractivity contribution is 6.33. The van der Waals surface area contributed by atoms with E-state index in [1.54, 1.807) is 24.3 Å². The molecule has 8 nitrogen and oxygen atoms in total. The van der Waals surface area contributed by atoms with Crippen LogP contribution >= 0.6 is 11.6 Å². The molecule has 2 atom stereocenters. The van der Waals surface area contributed by atoms with Crippen LogP contribution in [0.25, 0.3) is 0 Å². The zero-order chi connectivity index (χ0) is 16.7. The number of hydrogen-bond donors (Lipinski definition) is 3. The van der Waals surface area contributed by atoms with Crippen molar-refractivity contribution in [1.29, 1.82) is 0 Å². The minimum atomic E-state index is -2.23. The van der Waals surface area contributed by atoms with Crippen LogP contribution in [0.5, 0.6) is 0 Å². The second kappa shape index (κ2) is 8.32. The number of benzene rings is 1. The lowest BCUT2D eigenvalue weighted by Crippen LogP contribution is -2.42. The first-order chi connectivity index (χ1) is 10.4. The fraction of sp³-hybridized carbons (Fsp3) is 0.308. The third-order valence-corrected chi connectivity index (χ3v) is 2.82. The summed E-state index contributed by atoms with van der Waals surface area (Å²) in [4.78, 5) is 33.8. The zero-order valence-electron chi connectivity index (χ0n) is 11.5. The van der Waals surface area contributed by atoms with Crippen LogP contribution in [0, 0.1) is 0 Å². The standard InChI is InChI=1S/C13H14ClNO7/c1-21-12(19)10(17)11(18)13(20)22-9(16)6-15-8-5-3-2-4-7(8)14/h2-5,10-11,15,17-18H,6H2,1H3/t10-,11-/m0/s1. The van der Waals surface area contributed by atoms with Gasteiger partial charge < -0.3 is 25.0 Å². The van der Waals surface area contributed by atoms with Crippen molar-refractivity contribution >= 4 is 35.2 Å². The Morgan fingerprint density at radius 3 is 2.36 bits per heavy atom. The molecule has 0 amide bonds. The Bertz CT molecular complexity index is 563. The molecule has 0 aliphatic rings. The van der Waals surface area contributed by atoms with Crippen molar-refractivity contribution in [2.24, 2.45) is 0 Å². The van der Waals surface area contributed by atoms with Crippen LogP contribution in [0.3, 0.4) is 0 Å². The third-order valence-electron chi connectivity index (χ3n) is 2.49. The average molecular weight is 332 g/mol. The molecule has 0 aromatic heterocycles. The summed E-state index contributed by atoms with van der Waals surface area (Å²) in [5, 5.41) is 21.6. The molecule has 0 unspecified atom stereocenters. The lowest BCUT2D eigenvalue weighted by molar-refractivity contribution is -0.176. The van der Waals surface area contributed by atoms with E-state index in [1.807, 2.05) is 0 Å². The highest BCUT2D eigenvalue weighted by Crippen LogP contribution is 2.19. The van der Waals surface area contributed by atoms with E-state index in [1.165, 1.54) is 0 Å². The molecule has 0 saturated heterocycles. The van der Waals surface area contributed by atoms with Crippen molar-refractivity contribution in [3.63, 3.8) is 0 Å². The smallest absolute Gasteiger partial charge is 0.346 e. The van der Waals surface area contributed by atoms with Gasteiger partial charge in [-0.2, -0.15) is 0 Å². The van der Waals surface area contributed by atoms with Crippen LogP contribution in [-0.2, 0) is 23.9 Å². The summed E-state index contributed by atoms with van der Waals surface area (Å²) in [7, 11) is 0.961. The molecule has 1 aromatic rings. The van der Waals surface area contributed by atoms with Gasteiger partial charge in [0.2, 0.25) is 0 Å². The number of anilines is 1. The van der Waals surface area contributed by atoms with E-state index in [-0.39, 0.29) is 0 Å². The van der Waals surface area contributed by atoms with Crippen molar-refractivity contribution in [1.82, 2.24) is 0 Å². The number of carbonyl (C=O) groups excluding carboxylic acids is 3. The average Bonchev–Trinajstić information content (AvgIpc) is 2.51. The van der Waals surface area contributed by atoms with Crippen LogP contribution in [0.1, 0.15) is 0 Å². The summed E-state index contributed by atoms with van der Waals surface area (Å²) >= 11 is 5.85. The number of hydrogen-bond acceptors (Lipinski definition) is 8. The fourth-order valence-electron chi connectivity index (χ4n) is 1.36. The van der Waals surface area contributed by atoms with Gasteiger partial charge >= 0.3 is 17.9 Å². The second-order valence-corrected chi connectivity index (χ2v) is 4.45. The van der Waals surface area contributed by atoms with Gasteiger partial charge in [0.1, 0.15) is 6.54 Å². The van der Waals surface area contributed by atoms with E-state index in [0.717, 1.165) is 7.11 Å². The molecule has 0 radical (unpaired) electrons. The number of rotatable bonds is 6. The molecule has 0 bridgehead atoms. The van der Waals surface area contributed by atoms with Crippen LogP contribution in [0.15, 0.2) is 24.3 Å². The predicted octanol–water partition coefficient (Wildman–Crippen LogP) is -0.283. The fourth-order valence-corrected chi connectivity index (χ4v) is 1.56. The van der Waals surface area contributed by atoms with Gasteiger partial charge in [-0.05, 0) is 12.1 Å². The summed E-state index contributed by atoms with van der Waals surface area (Å²) in [5.41, 5.74) is 0.448. The molecule has 0 heterocycles. The number of esters is 3. The maximum atomic E-state index is 11.4. The van der Waals surface area contributed by atoms with Crippen LogP contribution in [0.4, 0.5) is 5.69 Å². The predicted molar refractivity (Wildman–Crippen MR) is 75.1 cm³/mol. The lowest BCUT2D eigenvalue weighted by Gasteiger charge is -2.14. The van der Waals surface area contributed by atoms with Gasteiger partial charge in [-0.1, -0.05) is 23.7 Å². The largest absolute Gasteiger partial charge is 0.467 e. The number of methoxy groups -OCH3 is 1. The molecule has 9 heteroatoms. The number of aliphatic hydroxyl groups excluding tert-OH is 2. The van der Waals surface area contributed by atoms with Crippen LogP contribution < -0.4 is 5.32 Å². The molecule has 0 aliphatic heterocycles. The molecule has 3 N–H and O–H groups in total. The summed E-state index contributed by atoms with van der Waals surface area (Å²) in [5.74, 6) is -3.73. The molecular weight excluding hydrogens is 318 g/mol. The van der Waals surface area contributed by atoms with Crippen LogP contribution in [0.2, 0.25) is 5.02 Å². The Morgan fingerprint density at radius 1 is 1.18 bits per heavy atom. The van der Waals surface area contributed by atoms with E-state index in [0.29, 0.717) is 10.7 Å². The van der Waals surface area contributed by atoms with Gasteiger partial charge in [-0.15, -0.1) is 0 Å². The Kier molecular flexibility index (Phi) is 6.77. The Morgan fingerprint density at radius 2 is 1.77 bits per heavy atom. The van der Waals surface area contributed by atoms with Gasteiger partial charge in [-0.25, -0.2) is 14.4 Å². The van der Waals surface area contributed by atoms with E-state index in [4.69, 9.17) is 11.6 Å². The zero-order valence-corrected chi connectivity index (χ0v) is 12.2. The van der Waals surface area contributed by atoms with Gasteiger partial charge in [-0.3, -0.25) is 0 Å². The van der Waals surface area contributed by atoms with Gasteiger partial charge in [0, 0.05) is 0 Å². The molecule has 0 spiro atoms. The van der Waals surface area contributed by atoms with Gasteiger partial charge in [0.15, 0.2) is 12.2 Å². The number of para-hydroxylation sites is 1. The molecule has 0 fully saturated rings. The van der Waals surface area contributed by atoms with Gasteiger partial charge in [0.25, 0.3) is 0 Å². The quantitative estimate of drug-likeness (QED) is 0.480. The number of nitrogens with one attached hydrogen (secondary N) is 1. The highest BCUT2D eigenvalue weighted by atomic mass is 35.5. The summed E-state index contributed by atoms with van der Waals surface area (Å²) in [6.45, 7) is -0.406. The molecule has 0 saturated carbocycles. The first kappa shape index (κ1) is 17.9. The van der Waals surface area contributed by atoms with E-state index < -0.39 is 36.7 Å². The summed E-state index contributed by atoms with van der Waals surface area (Å²) in [6, 6.07) is 6.57. The normalized spacial score (nSPS) is 12.9. The van der Waals surface area contributed by atoms with Crippen molar-refractivity contribution < 1.29 is 34.1 Å². The minimum absolute atomic E-state index is 0.364. The number of carbonyl (C=O) groups is 3. The van der Waals surface area contributed by atoms with Crippen molar-refractivity contribution in [2.45, 2.75) is 12.2 Å². The molecular formula is C13H14ClNO7. The molecule has 1 aromatic carbocycles. The Labute approximate surface area is 130 Å². The van der Waals surface area contributed by atoms with Crippen molar-refractivity contribution in [2.75, 3.05) is 19.0 Å². The Hall–Kier alpha value is -2.16. The molecule has 0 aliphatic carbocycles. The summed E-state index contributed by atoms with van der Waals surface area (Å²) < 4.78 is 8.43. The van der Waals surface area contributed by atoms with Crippen molar-refractivity contribution in [3.05, 3.63) is 29.3 Å². The molecule has 1 rings (SSSR count). The monoisotopic (exact) mass is 331 g/mol. The van der Waals surface area contributed by atoms with Crippen LogP contribution in [-0.4, -0.2) is 54.0 Å². The van der Waals surface area contributed by atoms with Gasteiger partial charge in [0.05, 0.1) is 17.8 Å². The SMILES string of the molecule is COC(=O)[C@@H](O)[C@H](O)C(=O)OC(=O)CNc1ccccc1Cl. The van der Waals surface area contributed by atoms with Crippen molar-refractivity contribution in [3.8, 4) is 0 Å². The summed E-state index contributed by atoms with van der Waals surface area (Å²) in [6.07, 6.45) is -4.36. The first-order valence-electron chi connectivity index (χ1n) is 6.03. The number of halogens is 1. The number of aliphatic hydroxyl groups is 2. The topological polar surface area (TPSA) is 122 Å². The third kappa shape index (κ3) is 4.99. The lowest BCUT2D eigenvalue weighted by atomic mass is 10.2. The maximum absolute atomic E-state index is 11.4. The maximum Gasteiger partial charge on any atom is 0.346 e. The Balaban J connectivity index is 2.49. The molecule has 120 valence electrons. The molecule has 22 heavy (non-hydrogen) atoms. The minimum Gasteiger partial charge on any atom is -0.467 e. The number of ether oxygens (including phenoxy) is 2. The van der Waals surface area contributed by atoms with E-state index in [2.05, 4.69) is 14.8 Å².